The Morgan fingerprint density at radius 3 is 2.28 bits per heavy atom. The standard InChI is InChI=1S/C17H16N2O7S3/c1-12(20)19-15-7-6-14(17(10-15,28(21,22)23)29(24,25)26)5-2-13-3-8-16(9-4-13)27-11-18/h2-10,14H,1H3,(H,19,20)(H,21,22,23)(H,24,25,26). The minimum atomic E-state index is -5.39. The van der Waals surface area contributed by atoms with Crippen LogP contribution in [0.1, 0.15) is 12.5 Å². The molecule has 1 aromatic rings. The minimum absolute atomic E-state index is 0.213. The maximum absolute atomic E-state index is 12.1. The third-order valence-electron chi connectivity index (χ3n) is 3.97. The second-order valence-electron chi connectivity index (χ2n) is 5.96. The van der Waals surface area contributed by atoms with Gasteiger partial charge in [-0.1, -0.05) is 30.4 Å². The maximum atomic E-state index is 12.1. The number of thioether (sulfide) groups is 1. The van der Waals surface area contributed by atoms with Crippen LogP contribution in [0.25, 0.3) is 6.08 Å². The number of rotatable bonds is 6. The Hall–Kier alpha value is -2.43. The molecular weight excluding hydrogens is 440 g/mol. The van der Waals surface area contributed by atoms with Gasteiger partial charge in [0.15, 0.2) is 0 Å². The van der Waals surface area contributed by atoms with Crippen LogP contribution in [0.5, 0.6) is 0 Å². The molecule has 0 saturated carbocycles. The lowest BCUT2D eigenvalue weighted by molar-refractivity contribution is -0.118. The quantitative estimate of drug-likeness (QED) is 0.330. The molecule has 2 rings (SSSR count). The molecule has 0 aromatic heterocycles. The Morgan fingerprint density at radius 1 is 1.21 bits per heavy atom. The number of hydrogen-bond acceptors (Lipinski definition) is 7. The number of carbonyl (C=O) groups excluding carboxylic acids is 1. The molecule has 0 bridgehead atoms. The summed E-state index contributed by atoms with van der Waals surface area (Å²) in [5.41, 5.74) is 0.340. The van der Waals surface area contributed by atoms with Gasteiger partial charge in [0.1, 0.15) is 5.40 Å². The number of carbonyl (C=O) groups is 1. The fourth-order valence-corrected chi connectivity index (χ4v) is 5.72. The Morgan fingerprint density at radius 2 is 1.79 bits per heavy atom. The van der Waals surface area contributed by atoms with Crippen LogP contribution in [0.2, 0.25) is 0 Å². The molecule has 1 amide bonds. The van der Waals surface area contributed by atoms with E-state index in [4.69, 9.17) is 5.26 Å². The van der Waals surface area contributed by atoms with E-state index in [0.29, 0.717) is 16.5 Å². The molecule has 1 aliphatic carbocycles. The zero-order valence-electron chi connectivity index (χ0n) is 14.9. The molecule has 3 N–H and O–H groups in total. The van der Waals surface area contributed by atoms with E-state index in [1.54, 1.807) is 24.3 Å². The summed E-state index contributed by atoms with van der Waals surface area (Å²) in [4.78, 5) is 11.9. The number of thiocyanates is 1. The van der Waals surface area contributed by atoms with Crippen LogP contribution in [-0.2, 0) is 25.0 Å². The molecule has 1 atom stereocenters. The van der Waals surface area contributed by atoms with E-state index in [0.717, 1.165) is 24.8 Å². The number of hydrogen-bond donors (Lipinski definition) is 3. The molecular formula is C17H16N2O7S3. The third-order valence-corrected chi connectivity index (χ3v) is 8.23. The van der Waals surface area contributed by atoms with Crippen molar-refractivity contribution in [2.75, 3.05) is 0 Å². The lowest BCUT2D eigenvalue weighted by atomic mass is 9.96. The van der Waals surface area contributed by atoms with E-state index in [1.807, 2.05) is 5.40 Å². The molecule has 1 unspecified atom stereocenters. The Bertz CT molecular complexity index is 1110. The first-order valence-corrected chi connectivity index (χ1v) is 11.6. The predicted molar refractivity (Wildman–Crippen MR) is 107 cm³/mol. The lowest BCUT2D eigenvalue weighted by Gasteiger charge is -2.32. The zero-order chi connectivity index (χ0) is 21.9. The van der Waals surface area contributed by atoms with Gasteiger partial charge in [0, 0.05) is 23.4 Å². The summed E-state index contributed by atoms with van der Waals surface area (Å²) in [6, 6.07) is 6.50. The van der Waals surface area contributed by atoms with Crippen LogP contribution >= 0.6 is 11.8 Å². The van der Waals surface area contributed by atoms with E-state index in [1.165, 1.54) is 18.2 Å². The number of benzene rings is 1. The number of amides is 1. The van der Waals surface area contributed by atoms with E-state index in [-0.39, 0.29) is 5.70 Å². The topological polar surface area (TPSA) is 162 Å². The summed E-state index contributed by atoms with van der Waals surface area (Å²) in [7, 11) is -10.8. The van der Waals surface area contributed by atoms with Crippen molar-refractivity contribution in [3.63, 3.8) is 0 Å². The summed E-state index contributed by atoms with van der Waals surface area (Å²) in [5, 5.41) is 12.8. The maximum Gasteiger partial charge on any atom is 0.292 e. The molecule has 154 valence electrons. The highest BCUT2D eigenvalue weighted by Crippen LogP contribution is 2.39. The highest BCUT2D eigenvalue weighted by molar-refractivity contribution is 8.05. The van der Waals surface area contributed by atoms with Crippen LogP contribution in [0.15, 0.2) is 59.2 Å². The molecule has 29 heavy (non-hydrogen) atoms. The number of allylic oxidation sites excluding steroid dienone is 3. The van der Waals surface area contributed by atoms with Crippen LogP contribution in [0, 0.1) is 16.6 Å². The van der Waals surface area contributed by atoms with Gasteiger partial charge in [-0.05, 0) is 41.6 Å². The van der Waals surface area contributed by atoms with Gasteiger partial charge in [0.25, 0.3) is 24.3 Å². The fraction of sp³-hybridized carbons (Fsp3) is 0.176. The van der Waals surface area contributed by atoms with Gasteiger partial charge in [-0.2, -0.15) is 22.1 Å². The first-order chi connectivity index (χ1) is 13.4. The van der Waals surface area contributed by atoms with Crippen LogP contribution < -0.4 is 5.32 Å². The first kappa shape index (κ1) is 22.9. The number of nitrogens with one attached hydrogen (secondary N) is 1. The van der Waals surface area contributed by atoms with Crippen LogP contribution in [-0.4, -0.2) is 35.9 Å². The largest absolute Gasteiger partial charge is 0.327 e. The molecule has 0 fully saturated rings. The molecule has 0 heterocycles. The van der Waals surface area contributed by atoms with Crippen molar-refractivity contribution in [1.29, 1.82) is 5.26 Å². The zero-order valence-corrected chi connectivity index (χ0v) is 17.3. The van der Waals surface area contributed by atoms with Crippen LogP contribution in [0.3, 0.4) is 0 Å². The average Bonchev–Trinajstić information content (AvgIpc) is 2.59. The van der Waals surface area contributed by atoms with Gasteiger partial charge in [0.05, 0.1) is 0 Å². The fourth-order valence-electron chi connectivity index (χ4n) is 2.72. The average molecular weight is 457 g/mol. The summed E-state index contributed by atoms with van der Waals surface area (Å²) < 4.78 is 64.6. The molecule has 0 radical (unpaired) electrons. The summed E-state index contributed by atoms with van der Waals surface area (Å²) in [6.45, 7) is 1.12. The van der Waals surface area contributed by atoms with E-state index in [2.05, 4.69) is 5.32 Å². The second kappa shape index (κ2) is 8.52. The van der Waals surface area contributed by atoms with Gasteiger partial charge >= 0.3 is 0 Å². The Kier molecular flexibility index (Phi) is 6.71. The molecule has 0 saturated heterocycles. The van der Waals surface area contributed by atoms with E-state index < -0.39 is 36.1 Å². The van der Waals surface area contributed by atoms with E-state index in [9.17, 15) is 30.7 Å². The Balaban J connectivity index is 2.54. The smallest absolute Gasteiger partial charge is 0.292 e. The Labute approximate surface area is 172 Å². The van der Waals surface area contributed by atoms with Crippen molar-refractivity contribution < 1.29 is 30.7 Å². The van der Waals surface area contributed by atoms with Gasteiger partial charge in [0.2, 0.25) is 5.91 Å². The molecule has 1 aromatic carbocycles. The monoisotopic (exact) mass is 456 g/mol. The highest BCUT2D eigenvalue weighted by atomic mass is 32.3. The number of nitrogens with zero attached hydrogens (tertiary/aromatic N) is 1. The van der Waals surface area contributed by atoms with Crippen molar-refractivity contribution >= 4 is 44.0 Å². The summed E-state index contributed by atoms with van der Waals surface area (Å²) in [5.74, 6) is -2.11. The molecule has 9 nitrogen and oxygen atoms in total. The van der Waals surface area contributed by atoms with Gasteiger partial charge in [-0.3, -0.25) is 13.9 Å². The lowest BCUT2D eigenvalue weighted by Crippen LogP contribution is -2.51. The van der Waals surface area contributed by atoms with Gasteiger partial charge < -0.3 is 5.32 Å². The second-order valence-corrected chi connectivity index (χ2v) is 10.3. The summed E-state index contributed by atoms with van der Waals surface area (Å²) >= 11 is 0.945. The van der Waals surface area contributed by atoms with Crippen molar-refractivity contribution in [2.24, 2.45) is 5.92 Å². The van der Waals surface area contributed by atoms with Crippen molar-refractivity contribution in [2.45, 2.75) is 15.9 Å². The van der Waals surface area contributed by atoms with Crippen molar-refractivity contribution in [1.82, 2.24) is 5.32 Å². The molecule has 0 spiro atoms. The normalized spacial score (nSPS) is 18.8. The molecule has 12 heteroatoms. The third kappa shape index (κ3) is 4.95. The van der Waals surface area contributed by atoms with Crippen molar-refractivity contribution in [3.8, 4) is 5.40 Å². The molecule has 1 aliphatic rings. The van der Waals surface area contributed by atoms with Crippen LogP contribution in [0.4, 0.5) is 0 Å². The highest BCUT2D eigenvalue weighted by Gasteiger charge is 2.58. The number of nitriles is 1. The minimum Gasteiger partial charge on any atom is -0.327 e. The molecule has 0 aliphatic heterocycles. The van der Waals surface area contributed by atoms with Gasteiger partial charge in [-0.15, -0.1) is 0 Å². The SMILES string of the molecule is CC(=O)NC1=CC(S(=O)(=O)O)(S(=O)(=O)O)C(C=Cc2ccc(SC#N)cc2)C=C1. The predicted octanol–water partition coefficient (Wildman–Crippen LogP) is 1.95. The summed E-state index contributed by atoms with van der Waals surface area (Å²) in [6.07, 6.45) is 5.56. The van der Waals surface area contributed by atoms with Crippen molar-refractivity contribution in [3.05, 3.63) is 59.8 Å². The van der Waals surface area contributed by atoms with E-state index >= 15 is 0 Å². The first-order valence-electron chi connectivity index (χ1n) is 7.87. The van der Waals surface area contributed by atoms with Gasteiger partial charge in [-0.25, -0.2) is 0 Å².